The maximum atomic E-state index is 6.36. The molecule has 0 aliphatic heterocycles. The van der Waals surface area contributed by atoms with Gasteiger partial charge in [-0.3, -0.25) is 0 Å². The van der Waals surface area contributed by atoms with E-state index in [1.807, 2.05) is 12.1 Å². The second kappa shape index (κ2) is 11.3. The number of benzene rings is 1. The van der Waals surface area contributed by atoms with Crippen LogP contribution < -0.4 is 30.6 Å². The number of fused-ring (bicyclic) bond motifs is 1. The van der Waals surface area contributed by atoms with E-state index < -0.39 is 0 Å². The molecule has 2 atom stereocenters. The molecule has 0 unspecified atom stereocenters. The molecule has 0 radical (unpaired) electrons. The van der Waals surface area contributed by atoms with Crippen LogP contribution in [0, 0.1) is 11.8 Å². The summed E-state index contributed by atoms with van der Waals surface area (Å²) in [7, 11) is 4.99. The first-order valence-electron chi connectivity index (χ1n) is 12.9. The Kier molecular flexibility index (Phi) is 8.21. The number of nitrogens with zero attached hydrogens (tertiary/aromatic N) is 2. The average molecular weight is 484 g/mol. The van der Waals surface area contributed by atoms with Gasteiger partial charge in [0, 0.05) is 30.3 Å². The summed E-state index contributed by atoms with van der Waals surface area (Å²) in [5.74, 6) is 5.31. The van der Waals surface area contributed by atoms with Crippen molar-refractivity contribution >= 4 is 11.8 Å². The molecule has 8 heteroatoms. The largest absolute Gasteiger partial charge is 0.496 e. The standard InChI is InChI=1S/C27H41N5O3/c1-16-6-11-22-25(17(16)2)26(28)32-27(31-22)30-19-9-7-18(8-10-19)14-29-15-21-23(34-4)12-20(33-3)13-24(21)35-5/h12-13,16-19,29H,6-11,14-15H2,1-5H3,(H3,28,30,31,32)/t16-,17-,18?,19?/m1/s1. The van der Waals surface area contributed by atoms with Crippen LogP contribution in [0.2, 0.25) is 0 Å². The van der Waals surface area contributed by atoms with Gasteiger partial charge in [0.15, 0.2) is 0 Å². The van der Waals surface area contributed by atoms with E-state index in [1.54, 1.807) is 21.3 Å². The minimum absolute atomic E-state index is 0.394. The molecule has 8 nitrogen and oxygen atoms in total. The molecule has 2 aliphatic carbocycles. The topological polar surface area (TPSA) is 104 Å². The van der Waals surface area contributed by atoms with Gasteiger partial charge in [0.25, 0.3) is 0 Å². The number of nitrogens with one attached hydrogen (secondary N) is 2. The van der Waals surface area contributed by atoms with Gasteiger partial charge in [0.2, 0.25) is 5.95 Å². The van der Waals surface area contributed by atoms with E-state index in [2.05, 4.69) is 29.5 Å². The van der Waals surface area contributed by atoms with Gasteiger partial charge in [-0.2, -0.15) is 4.98 Å². The van der Waals surface area contributed by atoms with Crippen LogP contribution in [-0.4, -0.2) is 43.9 Å². The van der Waals surface area contributed by atoms with E-state index in [0.717, 1.165) is 79.1 Å². The summed E-state index contributed by atoms with van der Waals surface area (Å²) in [6.45, 7) is 6.18. The molecule has 4 N–H and O–H groups in total. The highest BCUT2D eigenvalue weighted by Gasteiger charge is 2.28. The number of nitrogens with two attached hydrogens (primary N) is 1. The van der Waals surface area contributed by atoms with Crippen LogP contribution in [0.25, 0.3) is 0 Å². The minimum Gasteiger partial charge on any atom is -0.496 e. The van der Waals surface area contributed by atoms with Crippen LogP contribution in [0.3, 0.4) is 0 Å². The van der Waals surface area contributed by atoms with Crippen molar-refractivity contribution in [2.45, 2.75) is 70.9 Å². The molecule has 0 spiro atoms. The molecule has 4 rings (SSSR count). The van der Waals surface area contributed by atoms with Crippen LogP contribution in [-0.2, 0) is 13.0 Å². The normalized spacial score (nSPS) is 23.9. The predicted octanol–water partition coefficient (Wildman–Crippen LogP) is 4.53. The Bertz CT molecular complexity index is 982. The van der Waals surface area contributed by atoms with Crippen LogP contribution in [0.15, 0.2) is 12.1 Å². The fourth-order valence-corrected chi connectivity index (χ4v) is 5.53. The lowest BCUT2D eigenvalue weighted by Gasteiger charge is -2.31. The Morgan fingerprint density at radius 2 is 1.63 bits per heavy atom. The van der Waals surface area contributed by atoms with Crippen LogP contribution in [0.5, 0.6) is 17.2 Å². The second-order valence-electron chi connectivity index (χ2n) is 10.1. The van der Waals surface area contributed by atoms with Crippen LogP contribution >= 0.6 is 0 Å². The Labute approximate surface area is 209 Å². The Hall–Kier alpha value is -2.74. The molecule has 1 fully saturated rings. The number of anilines is 2. The first kappa shape index (κ1) is 25.4. The van der Waals surface area contributed by atoms with E-state index in [4.69, 9.17) is 24.9 Å². The molecule has 0 amide bonds. The van der Waals surface area contributed by atoms with Gasteiger partial charge >= 0.3 is 0 Å². The van der Waals surface area contributed by atoms with E-state index in [0.29, 0.717) is 42.1 Å². The predicted molar refractivity (Wildman–Crippen MR) is 140 cm³/mol. The molecule has 192 valence electrons. The smallest absolute Gasteiger partial charge is 0.225 e. The first-order chi connectivity index (χ1) is 16.9. The number of hydrogen-bond acceptors (Lipinski definition) is 8. The zero-order valence-electron chi connectivity index (χ0n) is 21.8. The molecule has 1 saturated carbocycles. The SMILES string of the molecule is COc1cc(OC)c(CNCC2CCC(Nc3nc(N)c4c(n3)CC[C@@H](C)[C@H]4C)CC2)c(OC)c1. The summed E-state index contributed by atoms with van der Waals surface area (Å²) in [4.78, 5) is 9.48. The fraction of sp³-hybridized carbons (Fsp3) is 0.630. The van der Waals surface area contributed by atoms with Gasteiger partial charge in [-0.05, 0) is 62.8 Å². The first-order valence-corrected chi connectivity index (χ1v) is 12.9. The number of aromatic nitrogens is 2. The quantitative estimate of drug-likeness (QED) is 0.478. The van der Waals surface area contributed by atoms with Crippen LogP contribution in [0.1, 0.15) is 68.7 Å². The highest BCUT2D eigenvalue weighted by atomic mass is 16.5. The summed E-state index contributed by atoms with van der Waals surface area (Å²) < 4.78 is 16.5. The molecular formula is C27H41N5O3. The summed E-state index contributed by atoms with van der Waals surface area (Å²) >= 11 is 0. The number of nitrogen functional groups attached to an aromatic ring is 1. The maximum Gasteiger partial charge on any atom is 0.225 e. The van der Waals surface area contributed by atoms with E-state index in [9.17, 15) is 0 Å². The maximum absolute atomic E-state index is 6.36. The second-order valence-corrected chi connectivity index (χ2v) is 10.1. The van der Waals surface area contributed by atoms with Crippen molar-refractivity contribution in [2.24, 2.45) is 11.8 Å². The lowest BCUT2D eigenvalue weighted by atomic mass is 9.79. The van der Waals surface area contributed by atoms with Crippen molar-refractivity contribution in [1.82, 2.24) is 15.3 Å². The van der Waals surface area contributed by atoms with Gasteiger partial charge in [-0.1, -0.05) is 13.8 Å². The summed E-state index contributed by atoms with van der Waals surface area (Å²) in [6.07, 6.45) is 6.69. The van der Waals surface area contributed by atoms with Gasteiger partial charge < -0.3 is 30.6 Å². The molecule has 0 saturated heterocycles. The molecule has 2 aliphatic rings. The van der Waals surface area contributed by atoms with Gasteiger partial charge in [-0.15, -0.1) is 0 Å². The zero-order valence-corrected chi connectivity index (χ0v) is 21.8. The Balaban J connectivity index is 1.28. The van der Waals surface area contributed by atoms with E-state index >= 15 is 0 Å². The summed E-state index contributed by atoms with van der Waals surface area (Å²) in [6, 6.07) is 4.19. The van der Waals surface area contributed by atoms with Crippen molar-refractivity contribution in [3.8, 4) is 17.2 Å². The Morgan fingerprint density at radius 3 is 2.26 bits per heavy atom. The van der Waals surface area contributed by atoms with Gasteiger partial charge in [0.05, 0.1) is 32.6 Å². The minimum atomic E-state index is 0.394. The monoisotopic (exact) mass is 483 g/mol. The van der Waals surface area contributed by atoms with Gasteiger partial charge in [-0.25, -0.2) is 4.98 Å². The number of hydrogen-bond donors (Lipinski definition) is 3. The van der Waals surface area contributed by atoms with Crippen molar-refractivity contribution in [3.05, 3.63) is 29.0 Å². The number of rotatable bonds is 9. The van der Waals surface area contributed by atoms with Crippen molar-refractivity contribution < 1.29 is 14.2 Å². The molecular weight excluding hydrogens is 442 g/mol. The molecule has 35 heavy (non-hydrogen) atoms. The third-order valence-corrected chi connectivity index (χ3v) is 7.93. The molecule has 0 bridgehead atoms. The lowest BCUT2D eigenvalue weighted by molar-refractivity contribution is 0.320. The van der Waals surface area contributed by atoms with Gasteiger partial charge in [0.1, 0.15) is 23.1 Å². The van der Waals surface area contributed by atoms with E-state index in [1.165, 1.54) is 0 Å². The third-order valence-electron chi connectivity index (χ3n) is 7.93. The van der Waals surface area contributed by atoms with Crippen LogP contribution in [0.4, 0.5) is 11.8 Å². The van der Waals surface area contributed by atoms with E-state index in [-0.39, 0.29) is 0 Å². The van der Waals surface area contributed by atoms with Crippen molar-refractivity contribution in [3.63, 3.8) is 0 Å². The molecule has 1 aromatic heterocycles. The highest BCUT2D eigenvalue weighted by molar-refractivity contribution is 5.51. The Morgan fingerprint density at radius 1 is 0.943 bits per heavy atom. The fourth-order valence-electron chi connectivity index (χ4n) is 5.53. The van der Waals surface area contributed by atoms with Crippen molar-refractivity contribution in [2.75, 3.05) is 38.9 Å². The van der Waals surface area contributed by atoms with Crippen molar-refractivity contribution in [1.29, 1.82) is 0 Å². The molecule has 1 heterocycles. The zero-order chi connectivity index (χ0) is 24.9. The number of ether oxygens (including phenoxy) is 3. The highest BCUT2D eigenvalue weighted by Crippen LogP contribution is 2.38. The molecule has 1 aromatic carbocycles. The average Bonchev–Trinajstić information content (AvgIpc) is 2.87. The number of methoxy groups -OCH3 is 3. The molecule has 2 aromatic rings. The number of aryl methyl sites for hydroxylation is 1. The summed E-state index contributed by atoms with van der Waals surface area (Å²) in [5, 5.41) is 7.18. The lowest BCUT2D eigenvalue weighted by Crippen LogP contribution is -2.32. The third kappa shape index (κ3) is 5.74. The summed E-state index contributed by atoms with van der Waals surface area (Å²) in [5.41, 5.74) is 9.66.